The molecule has 1 amide bonds. The van der Waals surface area contributed by atoms with Gasteiger partial charge in [0.2, 0.25) is 0 Å². The molecule has 2 aromatic rings. The molecule has 2 aromatic carbocycles. The van der Waals surface area contributed by atoms with Crippen LogP contribution in [0, 0.1) is 11.7 Å². The third kappa shape index (κ3) is 10.6. The molecule has 7 nitrogen and oxygen atoms in total. The predicted molar refractivity (Wildman–Crippen MR) is 127 cm³/mol. The molecule has 13 heteroatoms. The van der Waals surface area contributed by atoms with E-state index in [0.717, 1.165) is 43.2 Å². The van der Waals surface area contributed by atoms with Crippen LogP contribution in [0.3, 0.4) is 0 Å². The number of rotatable bonds is 4. The summed E-state index contributed by atoms with van der Waals surface area (Å²) in [5, 5.41) is 12.3. The molecular weight excluding hydrogens is 528 g/mol. The molecule has 1 saturated carbocycles. The summed E-state index contributed by atoms with van der Waals surface area (Å²) in [6.07, 6.45) is -0.983. The number of amidine groups is 1. The van der Waals surface area contributed by atoms with Gasteiger partial charge in [0.05, 0.1) is 28.6 Å². The molecule has 3 rings (SSSR count). The minimum Gasteiger partial charge on any atom is -0.393 e. The van der Waals surface area contributed by atoms with Gasteiger partial charge < -0.3 is 10.4 Å². The largest absolute Gasteiger partial charge is 0.416 e. The summed E-state index contributed by atoms with van der Waals surface area (Å²) < 4.78 is 77.9. The quantitative estimate of drug-likeness (QED) is 0.203. The van der Waals surface area contributed by atoms with Gasteiger partial charge in [-0.3, -0.25) is 9.35 Å². The molecular formula is C23H25ClF4N2O5S. The Morgan fingerprint density at radius 2 is 1.67 bits per heavy atom. The molecule has 0 atom stereocenters. The van der Waals surface area contributed by atoms with E-state index in [1.807, 2.05) is 0 Å². The van der Waals surface area contributed by atoms with Crippen LogP contribution in [0.2, 0.25) is 5.02 Å². The lowest BCUT2D eigenvalue weighted by Crippen LogP contribution is -2.33. The average molecular weight is 553 g/mol. The van der Waals surface area contributed by atoms with Gasteiger partial charge in [0.25, 0.3) is 16.0 Å². The number of nitrogens with zero attached hydrogens (tertiary/aromatic N) is 1. The summed E-state index contributed by atoms with van der Waals surface area (Å²) in [6.45, 7) is 0. The van der Waals surface area contributed by atoms with Crippen LogP contribution >= 0.6 is 11.6 Å². The summed E-state index contributed by atoms with van der Waals surface area (Å²) in [6, 6.07) is 7.84. The topological polar surface area (TPSA) is 116 Å². The highest BCUT2D eigenvalue weighted by atomic mass is 35.5. The fraction of sp³-hybridized carbons (Fsp3) is 0.391. The van der Waals surface area contributed by atoms with E-state index in [9.17, 15) is 35.9 Å². The number of hydrogen-bond donors (Lipinski definition) is 3. The van der Waals surface area contributed by atoms with Crippen LogP contribution in [0.1, 0.15) is 48.0 Å². The zero-order chi connectivity index (χ0) is 27.1. The maximum atomic E-state index is 13.8. The Morgan fingerprint density at radius 3 is 2.17 bits per heavy atom. The van der Waals surface area contributed by atoms with Crippen molar-refractivity contribution >= 4 is 39.1 Å². The highest BCUT2D eigenvalue weighted by Gasteiger charge is 2.30. The van der Waals surface area contributed by atoms with Crippen molar-refractivity contribution in [2.24, 2.45) is 10.9 Å². The number of amides is 1. The van der Waals surface area contributed by atoms with Gasteiger partial charge in [-0.05, 0) is 68.0 Å². The van der Waals surface area contributed by atoms with Crippen molar-refractivity contribution < 1.29 is 40.4 Å². The van der Waals surface area contributed by atoms with E-state index in [0.29, 0.717) is 25.5 Å². The number of alkyl halides is 3. The SMILES string of the molecule is CS(=O)(=O)O.O=C(NC(CC1CCC(O)CC1)=Nc1ccc(Cl)c(F)c1)c1ccc(C(F)(F)F)cc1. The molecule has 0 heterocycles. The number of hydrogen-bond acceptors (Lipinski definition) is 5. The van der Waals surface area contributed by atoms with E-state index in [4.69, 9.17) is 16.2 Å². The first kappa shape index (κ1) is 29.7. The van der Waals surface area contributed by atoms with Crippen molar-refractivity contribution in [1.29, 1.82) is 0 Å². The molecule has 0 aromatic heterocycles. The number of benzene rings is 2. The van der Waals surface area contributed by atoms with Gasteiger partial charge in [0.15, 0.2) is 0 Å². The Labute approximate surface area is 210 Å². The van der Waals surface area contributed by atoms with Crippen molar-refractivity contribution in [3.05, 3.63) is 64.4 Å². The third-order valence-corrected chi connectivity index (χ3v) is 5.50. The van der Waals surface area contributed by atoms with Crippen molar-refractivity contribution in [1.82, 2.24) is 5.32 Å². The average Bonchev–Trinajstić information content (AvgIpc) is 2.76. The number of carbonyl (C=O) groups excluding carboxylic acids is 1. The first-order valence-electron chi connectivity index (χ1n) is 10.7. The number of aliphatic imine (C=N–C) groups is 1. The Kier molecular flexibility index (Phi) is 10.4. The van der Waals surface area contributed by atoms with Gasteiger partial charge >= 0.3 is 6.18 Å². The molecule has 1 fully saturated rings. The molecule has 0 bridgehead atoms. The monoisotopic (exact) mass is 552 g/mol. The van der Waals surface area contributed by atoms with Gasteiger partial charge in [-0.25, -0.2) is 9.38 Å². The highest BCUT2D eigenvalue weighted by Crippen LogP contribution is 2.30. The van der Waals surface area contributed by atoms with Crippen LogP contribution < -0.4 is 5.32 Å². The first-order chi connectivity index (χ1) is 16.6. The van der Waals surface area contributed by atoms with E-state index in [1.165, 1.54) is 12.1 Å². The molecule has 0 unspecified atom stereocenters. The van der Waals surface area contributed by atoms with Gasteiger partial charge in [-0.15, -0.1) is 0 Å². The van der Waals surface area contributed by atoms with Crippen LogP contribution in [0.5, 0.6) is 0 Å². The van der Waals surface area contributed by atoms with Crippen LogP contribution in [0.25, 0.3) is 0 Å². The van der Waals surface area contributed by atoms with Crippen LogP contribution in [0.4, 0.5) is 23.2 Å². The highest BCUT2D eigenvalue weighted by molar-refractivity contribution is 7.85. The molecule has 198 valence electrons. The smallest absolute Gasteiger partial charge is 0.393 e. The lowest BCUT2D eigenvalue weighted by Gasteiger charge is -2.25. The predicted octanol–water partition coefficient (Wildman–Crippen LogP) is 5.40. The Morgan fingerprint density at radius 1 is 1.11 bits per heavy atom. The van der Waals surface area contributed by atoms with Crippen LogP contribution in [0.15, 0.2) is 47.5 Å². The van der Waals surface area contributed by atoms with Crippen molar-refractivity contribution in [3.63, 3.8) is 0 Å². The van der Waals surface area contributed by atoms with E-state index in [2.05, 4.69) is 10.3 Å². The zero-order valence-corrected chi connectivity index (χ0v) is 20.7. The molecule has 1 aliphatic rings. The second-order valence-corrected chi connectivity index (χ2v) is 10.2. The maximum absolute atomic E-state index is 13.8. The minimum absolute atomic E-state index is 0.0436. The molecule has 1 aliphatic carbocycles. The van der Waals surface area contributed by atoms with Crippen molar-refractivity contribution in [2.45, 2.75) is 44.4 Å². The van der Waals surface area contributed by atoms with Crippen LogP contribution in [-0.4, -0.2) is 42.2 Å². The van der Waals surface area contributed by atoms with E-state index in [1.54, 1.807) is 0 Å². The van der Waals surface area contributed by atoms with Crippen molar-refractivity contribution in [3.8, 4) is 0 Å². The Bertz CT molecular complexity index is 1170. The summed E-state index contributed by atoms with van der Waals surface area (Å²) in [5.74, 6) is -0.838. The number of halogens is 5. The molecule has 0 spiro atoms. The normalized spacial score (nSPS) is 18.7. The molecule has 3 N–H and O–H groups in total. The summed E-state index contributed by atoms with van der Waals surface area (Å²) in [7, 11) is -3.67. The maximum Gasteiger partial charge on any atom is 0.416 e. The van der Waals surface area contributed by atoms with Crippen molar-refractivity contribution in [2.75, 3.05) is 6.26 Å². The lowest BCUT2D eigenvalue weighted by molar-refractivity contribution is -0.137. The van der Waals surface area contributed by atoms with Gasteiger partial charge in [-0.1, -0.05) is 11.6 Å². The molecule has 36 heavy (non-hydrogen) atoms. The molecule has 0 aliphatic heterocycles. The van der Waals surface area contributed by atoms with E-state index in [-0.39, 0.29) is 34.1 Å². The lowest BCUT2D eigenvalue weighted by atomic mass is 9.85. The summed E-state index contributed by atoms with van der Waals surface area (Å²) >= 11 is 5.70. The molecule has 0 radical (unpaired) electrons. The standard InChI is InChI=1S/C22H21ClF4N2O2.CH4O3S/c23-18-10-7-16(12-19(18)24)28-20(11-13-1-8-17(30)9-2-13)29-21(31)14-3-5-15(6-4-14)22(25,26)27;1-5(2,3)4/h3-7,10,12-13,17,30H,1-2,8-9,11H2,(H,28,29,31);1H3,(H,2,3,4). The second-order valence-electron chi connectivity index (χ2n) is 8.30. The van der Waals surface area contributed by atoms with E-state index < -0.39 is 33.6 Å². The molecule has 0 saturated heterocycles. The van der Waals surface area contributed by atoms with Gasteiger partial charge in [0.1, 0.15) is 11.7 Å². The second kappa shape index (κ2) is 12.6. The van der Waals surface area contributed by atoms with Gasteiger partial charge in [-0.2, -0.15) is 21.6 Å². The number of carbonyl (C=O) groups is 1. The number of aliphatic hydroxyl groups is 1. The Hall–Kier alpha value is -2.54. The number of aliphatic hydroxyl groups excluding tert-OH is 1. The van der Waals surface area contributed by atoms with Crippen LogP contribution in [-0.2, 0) is 16.3 Å². The minimum atomic E-state index is -4.49. The first-order valence-corrected chi connectivity index (χ1v) is 13.0. The summed E-state index contributed by atoms with van der Waals surface area (Å²) in [4.78, 5) is 17.0. The fourth-order valence-electron chi connectivity index (χ4n) is 3.47. The number of nitrogens with one attached hydrogen (secondary N) is 1. The zero-order valence-electron chi connectivity index (χ0n) is 19.1. The fourth-order valence-corrected chi connectivity index (χ4v) is 3.59. The van der Waals surface area contributed by atoms with Gasteiger partial charge in [0, 0.05) is 18.1 Å². The van der Waals surface area contributed by atoms with E-state index >= 15 is 0 Å². The summed E-state index contributed by atoms with van der Waals surface area (Å²) in [5.41, 5.74) is -0.558. The Balaban J connectivity index is 0.000000830. The third-order valence-electron chi connectivity index (χ3n) is 5.20.